The maximum Gasteiger partial charge on any atom is 0.303 e. The second-order valence-corrected chi connectivity index (χ2v) is 5.04. The van der Waals surface area contributed by atoms with Gasteiger partial charge in [-0.25, -0.2) is 9.97 Å². The van der Waals surface area contributed by atoms with Crippen LogP contribution in [0.2, 0.25) is 0 Å². The van der Waals surface area contributed by atoms with Crippen molar-refractivity contribution in [2.45, 2.75) is 51.9 Å². The number of carboxylic acid groups (broad SMARTS) is 1. The van der Waals surface area contributed by atoms with Gasteiger partial charge in [0.05, 0.1) is 0 Å². The number of aryl methyl sites for hydroxylation is 2. The number of hydrogen-bond donors (Lipinski definition) is 2. The van der Waals surface area contributed by atoms with Crippen LogP contribution < -0.4 is 5.32 Å². The number of carbonyl (C=O) groups is 1. The minimum atomic E-state index is -0.763. The van der Waals surface area contributed by atoms with Crippen molar-refractivity contribution >= 4 is 11.9 Å². The van der Waals surface area contributed by atoms with Gasteiger partial charge < -0.3 is 10.4 Å². The number of nitrogens with zero attached hydrogens (tertiary/aromatic N) is 2. The summed E-state index contributed by atoms with van der Waals surface area (Å²) >= 11 is 0. The molecule has 5 heteroatoms. The SMILES string of the molecule is Cc1nc(NCCCC(=O)O)nc2c1CCCCC2. The molecule has 0 aromatic carbocycles. The number of aromatic nitrogens is 2. The van der Waals surface area contributed by atoms with Gasteiger partial charge in [-0.15, -0.1) is 0 Å². The molecule has 0 atom stereocenters. The van der Waals surface area contributed by atoms with E-state index >= 15 is 0 Å². The molecule has 1 aliphatic carbocycles. The fourth-order valence-electron chi connectivity index (χ4n) is 2.48. The molecule has 1 aliphatic rings. The highest BCUT2D eigenvalue weighted by Gasteiger charge is 2.14. The van der Waals surface area contributed by atoms with E-state index in [2.05, 4.69) is 15.3 Å². The lowest BCUT2D eigenvalue weighted by Gasteiger charge is -2.11. The fraction of sp³-hybridized carbons (Fsp3) is 0.643. The Balaban J connectivity index is 2.00. The van der Waals surface area contributed by atoms with Gasteiger partial charge in [0.15, 0.2) is 0 Å². The van der Waals surface area contributed by atoms with Crippen molar-refractivity contribution < 1.29 is 9.90 Å². The molecule has 0 amide bonds. The number of rotatable bonds is 5. The second kappa shape index (κ2) is 6.50. The van der Waals surface area contributed by atoms with Crippen LogP contribution in [0.3, 0.4) is 0 Å². The molecule has 0 radical (unpaired) electrons. The number of nitrogens with one attached hydrogen (secondary N) is 1. The molecule has 0 bridgehead atoms. The Morgan fingerprint density at radius 3 is 2.84 bits per heavy atom. The third-order valence-corrected chi connectivity index (χ3v) is 3.49. The van der Waals surface area contributed by atoms with Gasteiger partial charge in [-0.1, -0.05) is 6.42 Å². The number of hydrogen-bond acceptors (Lipinski definition) is 4. The normalized spacial score (nSPS) is 14.6. The van der Waals surface area contributed by atoms with Crippen LogP contribution in [0.15, 0.2) is 0 Å². The van der Waals surface area contributed by atoms with Gasteiger partial charge in [0.1, 0.15) is 0 Å². The highest BCUT2D eigenvalue weighted by molar-refractivity contribution is 5.66. The van der Waals surface area contributed by atoms with Crippen molar-refractivity contribution in [2.75, 3.05) is 11.9 Å². The van der Waals surface area contributed by atoms with Crippen LogP contribution in [-0.2, 0) is 17.6 Å². The van der Waals surface area contributed by atoms with Gasteiger partial charge in [0.2, 0.25) is 5.95 Å². The maximum absolute atomic E-state index is 10.4. The summed E-state index contributed by atoms with van der Waals surface area (Å²) in [5.74, 6) is -0.121. The number of anilines is 1. The molecular weight excluding hydrogens is 242 g/mol. The summed E-state index contributed by atoms with van der Waals surface area (Å²) in [4.78, 5) is 19.5. The van der Waals surface area contributed by atoms with Gasteiger partial charge in [-0.05, 0) is 44.6 Å². The third kappa shape index (κ3) is 3.91. The summed E-state index contributed by atoms with van der Waals surface area (Å²) in [6.07, 6.45) is 6.57. The van der Waals surface area contributed by atoms with Crippen LogP contribution in [0.1, 0.15) is 49.1 Å². The van der Waals surface area contributed by atoms with Crippen molar-refractivity contribution in [1.29, 1.82) is 0 Å². The van der Waals surface area contributed by atoms with Gasteiger partial charge in [-0.3, -0.25) is 4.79 Å². The fourth-order valence-corrected chi connectivity index (χ4v) is 2.48. The Kier molecular flexibility index (Phi) is 4.71. The minimum absolute atomic E-state index is 0.178. The summed E-state index contributed by atoms with van der Waals surface area (Å²) in [5, 5.41) is 11.7. The van der Waals surface area contributed by atoms with Crippen LogP contribution in [0.25, 0.3) is 0 Å². The Morgan fingerprint density at radius 1 is 1.26 bits per heavy atom. The molecule has 0 saturated carbocycles. The molecule has 1 aromatic heterocycles. The van der Waals surface area contributed by atoms with Gasteiger partial charge in [0, 0.05) is 24.4 Å². The number of aliphatic carboxylic acids is 1. The van der Waals surface area contributed by atoms with Gasteiger partial charge >= 0.3 is 5.97 Å². The van der Waals surface area contributed by atoms with E-state index in [1.54, 1.807) is 0 Å². The first-order valence-electron chi connectivity index (χ1n) is 6.99. The molecule has 1 heterocycles. The van der Waals surface area contributed by atoms with Gasteiger partial charge in [-0.2, -0.15) is 0 Å². The predicted molar refractivity (Wildman–Crippen MR) is 73.4 cm³/mol. The van der Waals surface area contributed by atoms with Crippen molar-refractivity contribution in [3.05, 3.63) is 17.0 Å². The number of carboxylic acids is 1. The quantitative estimate of drug-likeness (QED) is 0.630. The first-order chi connectivity index (χ1) is 9.16. The summed E-state index contributed by atoms with van der Waals surface area (Å²) in [5.41, 5.74) is 3.55. The van der Waals surface area contributed by atoms with Crippen molar-refractivity contribution in [2.24, 2.45) is 0 Å². The van der Waals surface area contributed by atoms with Crippen LogP contribution in [-0.4, -0.2) is 27.6 Å². The summed E-state index contributed by atoms with van der Waals surface area (Å²) in [6, 6.07) is 0. The molecule has 1 aromatic rings. The largest absolute Gasteiger partial charge is 0.481 e. The van der Waals surface area contributed by atoms with Crippen LogP contribution >= 0.6 is 0 Å². The highest BCUT2D eigenvalue weighted by Crippen LogP contribution is 2.22. The summed E-state index contributed by atoms with van der Waals surface area (Å²) < 4.78 is 0. The average Bonchev–Trinajstić information content (AvgIpc) is 2.60. The van der Waals surface area contributed by atoms with Crippen molar-refractivity contribution in [3.8, 4) is 0 Å². The van der Waals surface area contributed by atoms with E-state index in [1.807, 2.05) is 6.92 Å². The topological polar surface area (TPSA) is 75.1 Å². The Labute approximate surface area is 113 Å². The molecule has 0 aliphatic heterocycles. The maximum atomic E-state index is 10.4. The third-order valence-electron chi connectivity index (χ3n) is 3.49. The number of fused-ring (bicyclic) bond motifs is 1. The molecule has 0 saturated heterocycles. The molecule has 2 N–H and O–H groups in total. The molecule has 2 rings (SSSR count). The Hall–Kier alpha value is -1.65. The molecule has 0 unspecified atom stereocenters. The van der Waals surface area contributed by atoms with Crippen molar-refractivity contribution in [1.82, 2.24) is 9.97 Å². The summed E-state index contributed by atoms with van der Waals surface area (Å²) in [7, 11) is 0. The summed E-state index contributed by atoms with van der Waals surface area (Å²) in [6.45, 7) is 2.64. The van der Waals surface area contributed by atoms with E-state index in [9.17, 15) is 4.79 Å². The molecule has 0 fully saturated rings. The molecular formula is C14H21N3O2. The standard InChI is InChI=1S/C14H21N3O2/c1-10-11-6-3-2-4-7-12(11)17-14(16-10)15-9-5-8-13(18)19/h2-9H2,1H3,(H,18,19)(H,15,16,17). The monoisotopic (exact) mass is 263 g/mol. The average molecular weight is 263 g/mol. The van der Waals surface area contributed by atoms with E-state index in [4.69, 9.17) is 5.11 Å². The molecule has 0 spiro atoms. The first-order valence-corrected chi connectivity index (χ1v) is 6.99. The minimum Gasteiger partial charge on any atom is -0.481 e. The predicted octanol–water partition coefficient (Wildman–Crippen LogP) is 2.33. The molecule has 5 nitrogen and oxygen atoms in total. The van der Waals surface area contributed by atoms with E-state index in [0.717, 1.165) is 18.5 Å². The van der Waals surface area contributed by atoms with E-state index in [-0.39, 0.29) is 6.42 Å². The van der Waals surface area contributed by atoms with E-state index in [1.165, 1.54) is 30.5 Å². The smallest absolute Gasteiger partial charge is 0.303 e. The zero-order chi connectivity index (χ0) is 13.7. The van der Waals surface area contributed by atoms with Crippen molar-refractivity contribution in [3.63, 3.8) is 0 Å². The highest BCUT2D eigenvalue weighted by atomic mass is 16.4. The Morgan fingerprint density at radius 2 is 2.05 bits per heavy atom. The Bertz CT molecular complexity index is 460. The van der Waals surface area contributed by atoms with Crippen LogP contribution in [0.5, 0.6) is 0 Å². The molecule has 104 valence electrons. The second-order valence-electron chi connectivity index (χ2n) is 5.04. The first kappa shape index (κ1) is 13.8. The van der Waals surface area contributed by atoms with Gasteiger partial charge in [0.25, 0.3) is 0 Å². The zero-order valence-electron chi connectivity index (χ0n) is 11.4. The lowest BCUT2D eigenvalue weighted by atomic mass is 10.1. The zero-order valence-corrected chi connectivity index (χ0v) is 11.4. The van der Waals surface area contributed by atoms with E-state index in [0.29, 0.717) is 18.9 Å². The molecule has 19 heavy (non-hydrogen) atoms. The van der Waals surface area contributed by atoms with E-state index < -0.39 is 5.97 Å². The lowest BCUT2D eigenvalue weighted by molar-refractivity contribution is -0.137. The van der Waals surface area contributed by atoms with Crippen LogP contribution in [0.4, 0.5) is 5.95 Å². The lowest BCUT2D eigenvalue weighted by Crippen LogP contribution is -2.11. The van der Waals surface area contributed by atoms with Crippen LogP contribution in [0, 0.1) is 6.92 Å².